The van der Waals surface area contributed by atoms with Crippen molar-refractivity contribution in [1.82, 2.24) is 4.90 Å². The van der Waals surface area contributed by atoms with Crippen LogP contribution in [0.5, 0.6) is 11.5 Å². The number of methoxy groups -OCH3 is 2. The number of ketones is 1. The lowest BCUT2D eigenvalue weighted by Gasteiger charge is -2.38. The maximum Gasteiger partial charge on any atom is 0.330 e. The molecule has 7 heteroatoms. The molecule has 42 heavy (non-hydrogen) atoms. The average molecular weight is 564 g/mol. The molecule has 1 amide bonds. The van der Waals surface area contributed by atoms with Gasteiger partial charge >= 0.3 is 5.97 Å². The predicted molar refractivity (Wildman–Crippen MR) is 159 cm³/mol. The highest BCUT2D eigenvalue weighted by Gasteiger charge is 2.64. The third-order valence-corrected chi connectivity index (χ3v) is 8.33. The van der Waals surface area contributed by atoms with E-state index in [4.69, 9.17) is 9.47 Å². The summed E-state index contributed by atoms with van der Waals surface area (Å²) in [5.74, 6) is -2.56. The Balaban J connectivity index is 1.80. The van der Waals surface area contributed by atoms with Crippen molar-refractivity contribution in [1.29, 1.82) is 0 Å². The SMILES string of the molecule is COc1ccc(C(=O)C2C(c3ccc(C)cc3)N(C(=O)c3ccccc3)C(C)(C(=O)O)C2c2ccc(OC)cc2)cc1. The number of carboxylic acid groups (broad SMARTS) is 1. The van der Waals surface area contributed by atoms with E-state index in [1.54, 1.807) is 100 Å². The van der Waals surface area contributed by atoms with Crippen molar-refractivity contribution in [3.63, 3.8) is 0 Å². The summed E-state index contributed by atoms with van der Waals surface area (Å²) >= 11 is 0. The molecule has 5 rings (SSSR count). The quantitative estimate of drug-likeness (QED) is 0.252. The molecule has 0 radical (unpaired) electrons. The van der Waals surface area contributed by atoms with E-state index < -0.39 is 35.3 Å². The highest BCUT2D eigenvalue weighted by atomic mass is 16.5. The van der Waals surface area contributed by atoms with Gasteiger partial charge in [-0.15, -0.1) is 0 Å². The van der Waals surface area contributed by atoms with Crippen LogP contribution in [0.25, 0.3) is 0 Å². The number of hydrogen-bond donors (Lipinski definition) is 1. The fourth-order valence-corrected chi connectivity index (χ4v) is 6.13. The average Bonchev–Trinajstić information content (AvgIpc) is 3.31. The third-order valence-electron chi connectivity index (χ3n) is 8.33. The van der Waals surface area contributed by atoms with E-state index in [1.165, 1.54) is 4.90 Å². The second-order valence-electron chi connectivity index (χ2n) is 10.7. The number of likely N-dealkylation sites (tertiary alicyclic amines) is 1. The van der Waals surface area contributed by atoms with Crippen LogP contribution in [0, 0.1) is 12.8 Å². The van der Waals surface area contributed by atoms with E-state index in [0.717, 1.165) is 5.56 Å². The fourth-order valence-electron chi connectivity index (χ4n) is 6.13. The lowest BCUT2D eigenvalue weighted by Crippen LogP contribution is -2.54. The third kappa shape index (κ3) is 4.91. The molecule has 1 fully saturated rings. The molecule has 4 unspecified atom stereocenters. The normalized spacial score (nSPS) is 21.5. The number of nitrogens with zero attached hydrogens (tertiary/aromatic N) is 1. The molecule has 1 aliphatic heterocycles. The lowest BCUT2D eigenvalue weighted by atomic mass is 9.71. The van der Waals surface area contributed by atoms with Gasteiger partial charge in [0.15, 0.2) is 5.78 Å². The number of carbonyl (C=O) groups is 3. The maximum absolute atomic E-state index is 14.6. The van der Waals surface area contributed by atoms with Gasteiger partial charge < -0.3 is 19.5 Å². The highest BCUT2D eigenvalue weighted by molar-refractivity contribution is 6.04. The van der Waals surface area contributed by atoms with Crippen LogP contribution < -0.4 is 9.47 Å². The monoisotopic (exact) mass is 563 g/mol. The minimum atomic E-state index is -1.79. The van der Waals surface area contributed by atoms with Crippen LogP contribution in [0.2, 0.25) is 0 Å². The van der Waals surface area contributed by atoms with Gasteiger partial charge in [0, 0.05) is 17.0 Å². The molecular formula is C35H33NO6. The van der Waals surface area contributed by atoms with E-state index in [0.29, 0.717) is 33.8 Å². The summed E-state index contributed by atoms with van der Waals surface area (Å²) < 4.78 is 10.7. The van der Waals surface area contributed by atoms with Crippen LogP contribution in [0.15, 0.2) is 103 Å². The zero-order valence-electron chi connectivity index (χ0n) is 24.0. The van der Waals surface area contributed by atoms with Crippen molar-refractivity contribution in [3.05, 3.63) is 131 Å². The molecule has 0 saturated carbocycles. The number of carbonyl (C=O) groups excluding carboxylic acids is 2. The van der Waals surface area contributed by atoms with E-state index in [9.17, 15) is 19.5 Å². The number of benzene rings is 4. The Morgan fingerprint density at radius 3 is 1.76 bits per heavy atom. The van der Waals surface area contributed by atoms with Gasteiger partial charge in [0.05, 0.1) is 26.2 Å². The minimum Gasteiger partial charge on any atom is -0.497 e. The van der Waals surface area contributed by atoms with E-state index in [2.05, 4.69) is 0 Å². The van der Waals surface area contributed by atoms with Gasteiger partial charge in [0.25, 0.3) is 5.91 Å². The molecule has 0 spiro atoms. The second kappa shape index (κ2) is 11.5. The van der Waals surface area contributed by atoms with Gasteiger partial charge in [-0.3, -0.25) is 9.59 Å². The maximum atomic E-state index is 14.6. The first-order valence-electron chi connectivity index (χ1n) is 13.7. The summed E-state index contributed by atoms with van der Waals surface area (Å²) in [5, 5.41) is 11.0. The number of amides is 1. The Morgan fingerprint density at radius 1 is 0.714 bits per heavy atom. The van der Waals surface area contributed by atoms with Gasteiger partial charge in [0.2, 0.25) is 0 Å². The largest absolute Gasteiger partial charge is 0.497 e. The van der Waals surface area contributed by atoms with Crippen LogP contribution in [-0.4, -0.2) is 47.4 Å². The van der Waals surface area contributed by atoms with E-state index >= 15 is 0 Å². The summed E-state index contributed by atoms with van der Waals surface area (Å²) in [5.41, 5.74) is 1.26. The van der Waals surface area contributed by atoms with Crippen molar-refractivity contribution in [2.45, 2.75) is 31.3 Å². The Kier molecular flexibility index (Phi) is 7.85. The summed E-state index contributed by atoms with van der Waals surface area (Å²) in [7, 11) is 3.10. The van der Waals surface area contributed by atoms with Gasteiger partial charge in [-0.1, -0.05) is 60.2 Å². The van der Waals surface area contributed by atoms with Crippen molar-refractivity contribution in [3.8, 4) is 11.5 Å². The van der Waals surface area contributed by atoms with Gasteiger partial charge in [-0.2, -0.15) is 0 Å². The minimum absolute atomic E-state index is 0.264. The molecule has 4 atom stereocenters. The van der Waals surface area contributed by atoms with Crippen LogP contribution >= 0.6 is 0 Å². The summed E-state index contributed by atoms with van der Waals surface area (Å²) in [4.78, 5) is 43.9. The smallest absolute Gasteiger partial charge is 0.330 e. The molecule has 1 N–H and O–H groups in total. The summed E-state index contributed by atoms with van der Waals surface area (Å²) in [6.07, 6.45) is 0. The molecule has 0 aromatic heterocycles. The van der Waals surface area contributed by atoms with Crippen molar-refractivity contribution in [2.75, 3.05) is 14.2 Å². The highest BCUT2D eigenvalue weighted by Crippen LogP contribution is 2.57. The van der Waals surface area contributed by atoms with Crippen LogP contribution in [0.3, 0.4) is 0 Å². The Bertz CT molecular complexity index is 1580. The molecule has 1 aliphatic rings. The van der Waals surface area contributed by atoms with Crippen molar-refractivity contribution in [2.24, 2.45) is 5.92 Å². The molecule has 7 nitrogen and oxygen atoms in total. The second-order valence-corrected chi connectivity index (χ2v) is 10.7. The summed E-state index contributed by atoms with van der Waals surface area (Å²) in [6, 6.07) is 29.1. The number of aliphatic carboxylic acids is 1. The Hall–Kier alpha value is -4.91. The Labute approximate surface area is 245 Å². The predicted octanol–water partition coefficient (Wildman–Crippen LogP) is 6.34. The molecule has 214 valence electrons. The topological polar surface area (TPSA) is 93.1 Å². The zero-order chi connectivity index (χ0) is 30.0. The lowest BCUT2D eigenvalue weighted by molar-refractivity contribution is -0.148. The first kappa shape index (κ1) is 28.6. The number of aryl methyl sites for hydroxylation is 1. The first-order chi connectivity index (χ1) is 20.2. The number of ether oxygens (including phenoxy) is 2. The number of carboxylic acids is 1. The molecule has 4 aromatic carbocycles. The van der Waals surface area contributed by atoms with Crippen LogP contribution in [0.1, 0.15) is 56.3 Å². The molecule has 4 aromatic rings. The number of Topliss-reactive ketones (excluding diaryl/α,β-unsaturated/α-hetero) is 1. The molecular weight excluding hydrogens is 530 g/mol. The Morgan fingerprint density at radius 2 is 1.24 bits per heavy atom. The molecule has 0 aliphatic carbocycles. The molecule has 1 saturated heterocycles. The van der Waals surface area contributed by atoms with Crippen molar-refractivity contribution >= 4 is 17.7 Å². The number of rotatable bonds is 8. The van der Waals surface area contributed by atoms with Crippen LogP contribution in [0.4, 0.5) is 0 Å². The standard InChI is InChI=1S/C35H33NO6/c1-22-10-12-24(13-11-22)31-29(32(37)25-16-20-28(42-4)21-17-25)30(23-14-18-27(41-3)19-15-23)35(2,34(39)40)36(31)33(38)26-8-6-5-7-9-26/h5-21,29-31H,1-4H3,(H,39,40). The van der Waals surface area contributed by atoms with Gasteiger partial charge in [0.1, 0.15) is 17.0 Å². The van der Waals surface area contributed by atoms with E-state index in [-0.39, 0.29) is 5.78 Å². The van der Waals surface area contributed by atoms with Crippen LogP contribution in [-0.2, 0) is 4.79 Å². The van der Waals surface area contributed by atoms with E-state index in [1.807, 2.05) is 31.2 Å². The molecule has 1 heterocycles. The fraction of sp³-hybridized carbons (Fsp3) is 0.229. The van der Waals surface area contributed by atoms with Gasteiger partial charge in [-0.25, -0.2) is 4.79 Å². The van der Waals surface area contributed by atoms with Crippen molar-refractivity contribution < 1.29 is 29.0 Å². The first-order valence-corrected chi connectivity index (χ1v) is 13.7. The number of hydrogen-bond acceptors (Lipinski definition) is 5. The summed E-state index contributed by atoms with van der Waals surface area (Å²) in [6.45, 7) is 3.50. The zero-order valence-corrected chi connectivity index (χ0v) is 24.0. The van der Waals surface area contributed by atoms with Gasteiger partial charge in [-0.05, 0) is 73.5 Å². The molecule has 0 bridgehead atoms.